The second kappa shape index (κ2) is 9.70. The lowest BCUT2D eigenvalue weighted by Gasteiger charge is -2.09. The molecule has 0 atom stereocenters. The molecule has 4 aromatic rings. The molecule has 0 aliphatic heterocycles. The van der Waals surface area contributed by atoms with Crippen molar-refractivity contribution in [3.05, 3.63) is 69.0 Å². The minimum absolute atomic E-state index is 0.155. The van der Waals surface area contributed by atoms with E-state index in [0.717, 1.165) is 22.0 Å². The van der Waals surface area contributed by atoms with Crippen LogP contribution in [0.4, 0.5) is 11.4 Å². The summed E-state index contributed by atoms with van der Waals surface area (Å²) in [5.74, 6) is -0.155. The molecule has 0 aliphatic rings. The van der Waals surface area contributed by atoms with Crippen molar-refractivity contribution in [1.82, 2.24) is 9.97 Å². The van der Waals surface area contributed by atoms with Crippen molar-refractivity contribution in [2.75, 3.05) is 11.1 Å². The van der Waals surface area contributed by atoms with E-state index < -0.39 is 0 Å². The number of halogens is 2. The molecule has 9 heteroatoms. The third-order valence-corrected chi connectivity index (χ3v) is 5.70. The van der Waals surface area contributed by atoms with Crippen LogP contribution in [0, 0.1) is 36.5 Å². The van der Waals surface area contributed by atoms with E-state index in [-0.39, 0.29) is 5.91 Å². The topological polar surface area (TPSA) is 128 Å². The van der Waals surface area contributed by atoms with Crippen LogP contribution in [0.15, 0.2) is 36.7 Å². The Bertz CT molecular complexity index is 1500. The maximum Gasteiger partial charge on any atom is 0.221 e. The number of nitriles is 2. The minimum atomic E-state index is -0.155. The number of nitrogens with one attached hydrogen (secondary N) is 1. The smallest absolute Gasteiger partial charge is 0.221 e. The molecule has 0 saturated heterocycles. The average Bonchev–Trinajstić information content (AvgIpc) is 2.77. The highest BCUT2D eigenvalue weighted by Crippen LogP contribution is 2.30. The van der Waals surface area contributed by atoms with Gasteiger partial charge in [0.05, 0.1) is 32.2 Å². The first kappa shape index (κ1) is 23.7. The van der Waals surface area contributed by atoms with Gasteiger partial charge in [-0.15, -0.1) is 0 Å². The highest BCUT2D eigenvalue weighted by Gasteiger charge is 2.10. The summed E-state index contributed by atoms with van der Waals surface area (Å²) in [5, 5.41) is 22.6. The van der Waals surface area contributed by atoms with E-state index in [4.69, 9.17) is 39.5 Å². The summed E-state index contributed by atoms with van der Waals surface area (Å²) in [7, 11) is 0. The lowest BCUT2D eigenvalue weighted by molar-refractivity contribution is -0.114. The Kier molecular flexibility index (Phi) is 6.98. The number of anilines is 2. The van der Waals surface area contributed by atoms with E-state index in [1.54, 1.807) is 12.1 Å². The van der Waals surface area contributed by atoms with Gasteiger partial charge < -0.3 is 11.1 Å². The fourth-order valence-electron chi connectivity index (χ4n) is 3.12. The summed E-state index contributed by atoms with van der Waals surface area (Å²) in [4.78, 5) is 19.4. The highest BCUT2D eigenvalue weighted by molar-refractivity contribution is 6.37. The number of aryl methyl sites for hydroxylation is 2. The molecule has 0 spiro atoms. The second-order valence-electron chi connectivity index (χ2n) is 7.29. The molecule has 0 bridgehead atoms. The first-order valence-electron chi connectivity index (χ1n) is 9.67. The molecule has 0 fully saturated rings. The molecular weight excluding hydrogens is 459 g/mol. The van der Waals surface area contributed by atoms with Crippen LogP contribution in [0.5, 0.6) is 0 Å². The van der Waals surface area contributed by atoms with Crippen molar-refractivity contribution in [3.8, 4) is 12.1 Å². The quantitative estimate of drug-likeness (QED) is 0.340. The fourth-order valence-corrected chi connectivity index (χ4v) is 3.60. The molecule has 2 aromatic carbocycles. The van der Waals surface area contributed by atoms with Gasteiger partial charge >= 0.3 is 0 Å². The first-order valence-corrected chi connectivity index (χ1v) is 10.4. The second-order valence-corrected chi connectivity index (χ2v) is 8.04. The Hall–Kier alpha value is -3.91. The Morgan fingerprint density at radius 1 is 0.909 bits per heavy atom. The molecule has 0 aliphatic carbocycles. The van der Waals surface area contributed by atoms with Crippen LogP contribution in [-0.2, 0) is 4.79 Å². The van der Waals surface area contributed by atoms with Crippen LogP contribution >= 0.6 is 23.2 Å². The number of nitrogens with two attached hydrogens (primary N) is 1. The summed E-state index contributed by atoms with van der Waals surface area (Å²) in [5.41, 5.74) is 11.1. The number of fused-ring (bicyclic) bond motifs is 2. The molecule has 2 aromatic heterocycles. The van der Waals surface area contributed by atoms with E-state index in [1.165, 1.54) is 19.3 Å². The van der Waals surface area contributed by atoms with Gasteiger partial charge in [-0.1, -0.05) is 23.2 Å². The van der Waals surface area contributed by atoms with Gasteiger partial charge in [0, 0.05) is 41.5 Å². The molecule has 1 amide bonds. The van der Waals surface area contributed by atoms with Gasteiger partial charge in [-0.25, -0.2) is 0 Å². The lowest BCUT2D eigenvalue weighted by Crippen LogP contribution is -2.07. The Labute approximate surface area is 200 Å². The summed E-state index contributed by atoms with van der Waals surface area (Å²) in [6.45, 7) is 5.22. The van der Waals surface area contributed by atoms with Crippen molar-refractivity contribution < 1.29 is 4.79 Å². The number of carbonyl (C=O) groups is 1. The van der Waals surface area contributed by atoms with E-state index in [0.29, 0.717) is 43.4 Å². The SMILES string of the molecule is CC(=O)Nc1cc2c(Cl)c(C#N)cnc2cc1C.Cc1cc2ncc(C#N)c(Cl)c2cc1N. The molecular formula is C24H18Cl2N6O. The molecule has 4 rings (SSSR count). The van der Waals surface area contributed by atoms with Crippen LogP contribution in [-0.4, -0.2) is 15.9 Å². The van der Waals surface area contributed by atoms with Crippen LogP contribution in [0.3, 0.4) is 0 Å². The summed E-state index contributed by atoms with van der Waals surface area (Å²) >= 11 is 12.2. The van der Waals surface area contributed by atoms with Gasteiger partial charge in [-0.05, 0) is 49.2 Å². The van der Waals surface area contributed by atoms with Crippen LogP contribution in [0.2, 0.25) is 10.0 Å². The van der Waals surface area contributed by atoms with Gasteiger partial charge in [0.1, 0.15) is 12.1 Å². The zero-order valence-electron chi connectivity index (χ0n) is 18.0. The molecule has 33 heavy (non-hydrogen) atoms. The fraction of sp³-hybridized carbons (Fsp3) is 0.125. The van der Waals surface area contributed by atoms with Crippen molar-refractivity contribution in [3.63, 3.8) is 0 Å². The first-order chi connectivity index (χ1) is 15.7. The molecule has 164 valence electrons. The van der Waals surface area contributed by atoms with E-state index in [9.17, 15) is 4.79 Å². The zero-order valence-corrected chi connectivity index (χ0v) is 19.5. The molecule has 0 unspecified atom stereocenters. The van der Waals surface area contributed by atoms with Crippen molar-refractivity contribution >= 4 is 62.3 Å². The normalized spacial score (nSPS) is 10.2. The maximum absolute atomic E-state index is 11.1. The number of carbonyl (C=O) groups excluding carboxylic acids is 1. The third kappa shape index (κ3) is 4.96. The number of aromatic nitrogens is 2. The van der Waals surface area contributed by atoms with Gasteiger partial charge in [-0.3, -0.25) is 14.8 Å². The predicted octanol–water partition coefficient (Wildman–Crippen LogP) is 5.68. The number of nitrogen functional groups attached to an aromatic ring is 1. The molecule has 0 radical (unpaired) electrons. The van der Waals surface area contributed by atoms with Crippen molar-refractivity contribution in [2.24, 2.45) is 0 Å². The van der Waals surface area contributed by atoms with Crippen LogP contribution in [0.1, 0.15) is 29.2 Å². The van der Waals surface area contributed by atoms with Gasteiger partial charge in [0.2, 0.25) is 5.91 Å². The van der Waals surface area contributed by atoms with Gasteiger partial charge in [0.25, 0.3) is 0 Å². The highest BCUT2D eigenvalue weighted by atomic mass is 35.5. The number of hydrogen-bond acceptors (Lipinski definition) is 6. The Morgan fingerprint density at radius 3 is 1.88 bits per heavy atom. The number of benzene rings is 2. The predicted molar refractivity (Wildman–Crippen MR) is 131 cm³/mol. The third-order valence-electron chi connectivity index (χ3n) is 4.89. The zero-order chi connectivity index (χ0) is 24.3. The van der Waals surface area contributed by atoms with Gasteiger partial charge in [0.15, 0.2) is 0 Å². The van der Waals surface area contributed by atoms with Crippen LogP contribution in [0.25, 0.3) is 21.8 Å². The summed E-state index contributed by atoms with van der Waals surface area (Å²) in [6, 6.07) is 11.1. The standard InChI is InChI=1S/C13H10ClN3O.C11H8ClN3/c1-7-3-12-10(4-11(7)17-8(2)18)13(14)9(5-15)6-16-12;1-6-2-10-8(3-9(6)14)11(12)7(4-13)5-15-10/h3-4,6H,1-2H3,(H,17,18);2-3,5H,14H2,1H3. The van der Waals surface area contributed by atoms with Crippen molar-refractivity contribution in [2.45, 2.75) is 20.8 Å². The van der Waals surface area contributed by atoms with Crippen LogP contribution < -0.4 is 11.1 Å². The molecule has 7 nitrogen and oxygen atoms in total. The van der Waals surface area contributed by atoms with Gasteiger partial charge in [-0.2, -0.15) is 10.5 Å². The average molecular weight is 477 g/mol. The lowest BCUT2D eigenvalue weighted by atomic mass is 10.1. The van der Waals surface area contributed by atoms with E-state index >= 15 is 0 Å². The number of nitrogens with zero attached hydrogens (tertiary/aromatic N) is 4. The van der Waals surface area contributed by atoms with E-state index in [2.05, 4.69) is 15.3 Å². The monoisotopic (exact) mass is 476 g/mol. The summed E-state index contributed by atoms with van der Waals surface area (Å²) in [6.07, 6.45) is 2.92. The minimum Gasteiger partial charge on any atom is -0.398 e. The Morgan fingerprint density at radius 2 is 1.39 bits per heavy atom. The largest absolute Gasteiger partial charge is 0.398 e. The number of amides is 1. The maximum atomic E-state index is 11.1. The van der Waals surface area contributed by atoms with E-state index in [1.807, 2.05) is 38.1 Å². The number of pyridine rings is 2. The molecule has 2 heterocycles. The number of rotatable bonds is 1. The summed E-state index contributed by atoms with van der Waals surface area (Å²) < 4.78 is 0. The molecule has 0 saturated carbocycles. The number of hydrogen-bond donors (Lipinski definition) is 2. The molecule has 3 N–H and O–H groups in total. The van der Waals surface area contributed by atoms with Crippen molar-refractivity contribution in [1.29, 1.82) is 10.5 Å². The Balaban J connectivity index is 0.000000189.